The minimum absolute atomic E-state index is 0.665. The summed E-state index contributed by atoms with van der Waals surface area (Å²) in [5.74, 6) is 0. The third-order valence-electron chi connectivity index (χ3n) is 2.97. The molecule has 102 valence electrons. The Balaban J connectivity index is 1.92. The second kappa shape index (κ2) is 4.63. The van der Waals surface area contributed by atoms with Gasteiger partial charge in [0.1, 0.15) is 0 Å². The van der Waals surface area contributed by atoms with Gasteiger partial charge in [-0.15, -0.1) is 0 Å². The molecule has 0 unspecified atom stereocenters. The maximum absolute atomic E-state index is 3.97. The van der Waals surface area contributed by atoms with E-state index in [-0.39, 0.29) is 0 Å². The molecule has 9 nitrogen and oxygen atoms in total. The summed E-state index contributed by atoms with van der Waals surface area (Å²) in [7, 11) is 0. The van der Waals surface area contributed by atoms with Crippen LogP contribution in [0.2, 0.25) is 0 Å². The molecule has 1 aromatic carbocycles. The van der Waals surface area contributed by atoms with E-state index < -0.39 is 0 Å². The van der Waals surface area contributed by atoms with Gasteiger partial charge in [-0.25, -0.2) is 0 Å². The standard InChI is InChI=1S/C12H6N9/c1-7(10-4-13-19-16-10)2-9(12-6-15-21-18-12)3-8(1)11-5-14-20-17-11/h1-6H/q-3. The zero-order valence-electron chi connectivity index (χ0n) is 10.5. The van der Waals surface area contributed by atoms with E-state index in [9.17, 15) is 0 Å². The van der Waals surface area contributed by atoms with E-state index in [4.69, 9.17) is 0 Å². The Morgan fingerprint density at radius 2 is 0.857 bits per heavy atom. The van der Waals surface area contributed by atoms with Crippen molar-refractivity contribution in [1.82, 2.24) is 46.2 Å². The van der Waals surface area contributed by atoms with Crippen LogP contribution < -0.4 is 15.6 Å². The smallest absolute Gasteiger partial charge is 0.0663 e. The van der Waals surface area contributed by atoms with Crippen LogP contribution in [0.3, 0.4) is 0 Å². The van der Waals surface area contributed by atoms with Crippen molar-refractivity contribution in [2.24, 2.45) is 0 Å². The van der Waals surface area contributed by atoms with Gasteiger partial charge in [0.05, 0.1) is 17.1 Å². The van der Waals surface area contributed by atoms with Crippen molar-refractivity contribution < 1.29 is 0 Å². The molecule has 0 radical (unpaired) electrons. The van der Waals surface area contributed by atoms with Gasteiger partial charge in [-0.2, -0.15) is 0 Å². The van der Waals surface area contributed by atoms with Crippen molar-refractivity contribution in [2.75, 3.05) is 0 Å². The zero-order chi connectivity index (χ0) is 14.1. The fraction of sp³-hybridized carbons (Fsp3) is 0. The molecule has 21 heavy (non-hydrogen) atoms. The zero-order valence-corrected chi connectivity index (χ0v) is 10.5. The highest BCUT2D eigenvalue weighted by Gasteiger charge is 2.07. The van der Waals surface area contributed by atoms with Crippen LogP contribution in [0.5, 0.6) is 0 Å². The van der Waals surface area contributed by atoms with E-state index in [1.807, 2.05) is 18.2 Å². The van der Waals surface area contributed by atoms with Gasteiger partial charge in [0.15, 0.2) is 0 Å². The summed E-state index contributed by atoms with van der Waals surface area (Å²) in [6, 6.07) is 5.76. The topological polar surface area (TPSA) is 120 Å². The highest BCUT2D eigenvalue weighted by atomic mass is 15.3. The molecule has 4 aromatic rings. The van der Waals surface area contributed by atoms with Gasteiger partial charge in [0.2, 0.25) is 0 Å². The third kappa shape index (κ3) is 2.06. The fourth-order valence-electron chi connectivity index (χ4n) is 2.01. The van der Waals surface area contributed by atoms with Crippen molar-refractivity contribution in [3.8, 4) is 33.8 Å². The SMILES string of the molecule is c1c(-c2cn[n-]n2)cc(-c2cn[n-]n2)cc1-c1cn[n-]n1. The lowest BCUT2D eigenvalue weighted by molar-refractivity contribution is 0.910. The highest BCUT2D eigenvalue weighted by Crippen LogP contribution is 2.29. The molecule has 0 saturated carbocycles. The van der Waals surface area contributed by atoms with Gasteiger partial charge in [-0.3, -0.25) is 0 Å². The van der Waals surface area contributed by atoms with E-state index in [1.54, 1.807) is 18.6 Å². The monoisotopic (exact) mass is 276 g/mol. The number of hydrogen-bond acceptors (Lipinski definition) is 6. The minimum atomic E-state index is 0.665. The Morgan fingerprint density at radius 1 is 0.524 bits per heavy atom. The fourth-order valence-corrected chi connectivity index (χ4v) is 2.01. The second-order valence-electron chi connectivity index (χ2n) is 4.26. The van der Waals surface area contributed by atoms with Gasteiger partial charge < -0.3 is 46.2 Å². The van der Waals surface area contributed by atoms with Crippen molar-refractivity contribution in [1.29, 1.82) is 0 Å². The molecule has 3 aromatic heterocycles. The quantitative estimate of drug-likeness (QED) is 0.506. The number of nitrogens with zero attached hydrogens (tertiary/aromatic N) is 9. The first-order valence-corrected chi connectivity index (χ1v) is 5.99. The number of aromatic nitrogens is 9. The Bertz CT molecular complexity index is 704. The van der Waals surface area contributed by atoms with Crippen LogP contribution in [-0.4, -0.2) is 30.6 Å². The summed E-state index contributed by atoms with van der Waals surface area (Å²) in [6.07, 6.45) is 4.77. The molecule has 0 saturated heterocycles. The number of rotatable bonds is 3. The summed E-state index contributed by atoms with van der Waals surface area (Å²) in [5.41, 5.74) is 4.53. The molecule has 0 spiro atoms. The van der Waals surface area contributed by atoms with Crippen LogP contribution in [0.1, 0.15) is 0 Å². The van der Waals surface area contributed by atoms with Crippen molar-refractivity contribution in [2.45, 2.75) is 0 Å². The summed E-state index contributed by atoms with van der Waals surface area (Å²) >= 11 is 0. The summed E-state index contributed by atoms with van der Waals surface area (Å²) in [6.45, 7) is 0. The van der Waals surface area contributed by atoms with Crippen LogP contribution in [0.4, 0.5) is 0 Å². The molecule has 0 amide bonds. The van der Waals surface area contributed by atoms with Gasteiger partial charge in [-0.1, -0.05) is 0 Å². The lowest BCUT2D eigenvalue weighted by atomic mass is 10.0. The molecule has 0 bridgehead atoms. The first-order valence-electron chi connectivity index (χ1n) is 5.99. The molecule has 9 heteroatoms. The highest BCUT2D eigenvalue weighted by molar-refractivity contribution is 5.77. The summed E-state index contributed by atoms with van der Waals surface area (Å²) in [5, 5.41) is 33.9. The molecule has 3 heterocycles. The van der Waals surface area contributed by atoms with Crippen molar-refractivity contribution in [3.63, 3.8) is 0 Å². The van der Waals surface area contributed by atoms with Crippen LogP contribution in [0, 0.1) is 0 Å². The number of benzene rings is 1. The molecular formula is C12H6N9-3. The minimum Gasteiger partial charge on any atom is -0.493 e. The van der Waals surface area contributed by atoms with E-state index in [0.717, 1.165) is 16.7 Å². The average Bonchev–Trinajstić information content (AvgIpc) is 3.29. The Labute approximate surface area is 117 Å². The van der Waals surface area contributed by atoms with Crippen molar-refractivity contribution in [3.05, 3.63) is 36.8 Å². The van der Waals surface area contributed by atoms with E-state index in [2.05, 4.69) is 46.2 Å². The van der Waals surface area contributed by atoms with E-state index in [0.29, 0.717) is 17.1 Å². The Hall–Kier alpha value is -3.36. The summed E-state index contributed by atoms with van der Waals surface area (Å²) in [4.78, 5) is 0. The second-order valence-corrected chi connectivity index (χ2v) is 4.26. The molecule has 0 N–H and O–H groups in total. The molecule has 0 atom stereocenters. The maximum atomic E-state index is 3.97. The predicted molar refractivity (Wildman–Crippen MR) is 69.5 cm³/mol. The van der Waals surface area contributed by atoms with Gasteiger partial charge in [-0.05, 0) is 18.2 Å². The average molecular weight is 276 g/mol. The number of hydrogen-bond donors (Lipinski definition) is 0. The molecule has 4 rings (SSSR count). The predicted octanol–water partition coefficient (Wildman–Crippen LogP) is -0.0708. The van der Waals surface area contributed by atoms with Crippen LogP contribution in [0.15, 0.2) is 36.8 Å². The molecule has 0 aliphatic heterocycles. The third-order valence-corrected chi connectivity index (χ3v) is 2.97. The summed E-state index contributed by atoms with van der Waals surface area (Å²) < 4.78 is 0. The Kier molecular flexibility index (Phi) is 2.53. The van der Waals surface area contributed by atoms with Gasteiger partial charge in [0, 0.05) is 35.3 Å². The van der Waals surface area contributed by atoms with E-state index >= 15 is 0 Å². The normalized spacial score (nSPS) is 10.9. The Morgan fingerprint density at radius 3 is 1.10 bits per heavy atom. The van der Waals surface area contributed by atoms with Crippen LogP contribution in [0.25, 0.3) is 33.8 Å². The lowest BCUT2D eigenvalue weighted by Gasteiger charge is -2.07. The first kappa shape index (κ1) is 11.5. The van der Waals surface area contributed by atoms with Crippen LogP contribution >= 0.6 is 0 Å². The molecule has 0 fully saturated rings. The lowest BCUT2D eigenvalue weighted by Crippen LogP contribution is -1.87. The largest absolute Gasteiger partial charge is 0.493 e. The maximum Gasteiger partial charge on any atom is 0.0663 e. The van der Waals surface area contributed by atoms with Gasteiger partial charge >= 0.3 is 0 Å². The van der Waals surface area contributed by atoms with Crippen molar-refractivity contribution >= 4 is 0 Å². The first-order chi connectivity index (χ1) is 10.4. The van der Waals surface area contributed by atoms with E-state index in [1.165, 1.54) is 0 Å². The molecule has 0 aliphatic rings. The molecular weight excluding hydrogens is 270 g/mol. The van der Waals surface area contributed by atoms with Gasteiger partial charge in [0.25, 0.3) is 0 Å². The molecule has 0 aliphatic carbocycles. The van der Waals surface area contributed by atoms with Crippen LogP contribution in [-0.2, 0) is 0 Å².